The number of carbonyl (C=O) groups excluding carboxylic acids is 3. The molecule has 0 radical (unpaired) electrons. The number of piperazine rings is 1. The number of rotatable bonds is 9. The van der Waals surface area contributed by atoms with E-state index in [9.17, 15) is 14.4 Å². The van der Waals surface area contributed by atoms with Crippen LogP contribution in [0.15, 0.2) is 24.3 Å². The second-order valence-corrected chi connectivity index (χ2v) is 9.50. The van der Waals surface area contributed by atoms with E-state index < -0.39 is 5.66 Å². The first-order valence-electron chi connectivity index (χ1n) is 12.4. The van der Waals surface area contributed by atoms with Crippen LogP contribution in [0.1, 0.15) is 56.3 Å². The number of hydrogen-bond acceptors (Lipinski definition) is 5. The minimum absolute atomic E-state index is 0.0279. The Labute approximate surface area is 196 Å². The van der Waals surface area contributed by atoms with Crippen LogP contribution in [0.2, 0.25) is 0 Å². The van der Waals surface area contributed by atoms with Crippen molar-refractivity contribution in [1.82, 2.24) is 20.0 Å². The van der Waals surface area contributed by atoms with E-state index >= 15 is 0 Å². The van der Waals surface area contributed by atoms with Gasteiger partial charge in [-0.25, -0.2) is 0 Å². The largest absolute Gasteiger partial charge is 0.356 e. The Morgan fingerprint density at radius 1 is 1.03 bits per heavy atom. The molecule has 0 saturated carbocycles. The molecule has 8 nitrogen and oxygen atoms in total. The molecule has 3 aliphatic rings. The van der Waals surface area contributed by atoms with E-state index in [1.54, 1.807) is 15.9 Å². The molecule has 1 unspecified atom stereocenters. The SMILES string of the molecule is CCN1CCN(CCCNC(=O)CCCN2C(=O)c3ccccc3N3C(=O)CCC23C)CC1. The van der Waals surface area contributed by atoms with Crippen molar-refractivity contribution >= 4 is 23.4 Å². The molecule has 0 aromatic heterocycles. The van der Waals surface area contributed by atoms with Gasteiger partial charge in [-0.05, 0) is 51.4 Å². The standard InChI is InChI=1S/C25H37N5O3/c1-3-27-16-18-28(19-17-27)14-7-13-26-22(31)10-6-15-29-24(33)20-8-4-5-9-21(20)30-23(32)11-12-25(29,30)2/h4-5,8-9H,3,6-7,10-19H2,1-2H3,(H,26,31). The van der Waals surface area contributed by atoms with Gasteiger partial charge in [0, 0.05) is 52.1 Å². The van der Waals surface area contributed by atoms with Gasteiger partial charge in [0.2, 0.25) is 11.8 Å². The van der Waals surface area contributed by atoms with Crippen LogP contribution in [0.3, 0.4) is 0 Å². The van der Waals surface area contributed by atoms with Gasteiger partial charge in [0.25, 0.3) is 5.91 Å². The number of likely N-dealkylation sites (N-methyl/N-ethyl adjacent to an activating group) is 1. The van der Waals surface area contributed by atoms with Crippen molar-refractivity contribution in [2.75, 3.05) is 57.3 Å². The van der Waals surface area contributed by atoms with Gasteiger partial charge >= 0.3 is 0 Å². The summed E-state index contributed by atoms with van der Waals surface area (Å²) in [4.78, 5) is 46.7. The first-order valence-corrected chi connectivity index (χ1v) is 12.4. The van der Waals surface area contributed by atoms with Crippen LogP contribution in [-0.4, -0.2) is 90.4 Å². The smallest absolute Gasteiger partial charge is 0.257 e. The van der Waals surface area contributed by atoms with Crippen LogP contribution in [0.5, 0.6) is 0 Å². The molecule has 2 fully saturated rings. The van der Waals surface area contributed by atoms with E-state index in [1.807, 2.05) is 25.1 Å². The summed E-state index contributed by atoms with van der Waals surface area (Å²) in [5, 5.41) is 3.03. The molecule has 0 spiro atoms. The highest BCUT2D eigenvalue weighted by atomic mass is 16.2. The fourth-order valence-corrected chi connectivity index (χ4v) is 5.39. The predicted octanol–water partition coefficient (Wildman–Crippen LogP) is 1.91. The zero-order valence-electron chi connectivity index (χ0n) is 20.0. The van der Waals surface area contributed by atoms with Gasteiger partial charge in [0.15, 0.2) is 0 Å². The number of carbonyl (C=O) groups is 3. The van der Waals surface area contributed by atoms with Crippen LogP contribution in [0.25, 0.3) is 0 Å². The quantitative estimate of drug-likeness (QED) is 0.576. The van der Waals surface area contributed by atoms with Gasteiger partial charge in [-0.3, -0.25) is 19.3 Å². The number of hydrogen-bond donors (Lipinski definition) is 1. The summed E-state index contributed by atoms with van der Waals surface area (Å²) in [6.07, 6.45) is 2.96. The van der Waals surface area contributed by atoms with Gasteiger partial charge in [-0.2, -0.15) is 0 Å². The molecule has 180 valence electrons. The lowest BCUT2D eigenvalue weighted by Crippen LogP contribution is -2.62. The molecule has 33 heavy (non-hydrogen) atoms. The Morgan fingerprint density at radius 3 is 2.52 bits per heavy atom. The minimum atomic E-state index is -0.652. The predicted molar refractivity (Wildman–Crippen MR) is 128 cm³/mol. The molecule has 1 aromatic rings. The molecule has 4 rings (SSSR count). The maximum atomic E-state index is 13.2. The van der Waals surface area contributed by atoms with Gasteiger partial charge in [0.1, 0.15) is 5.66 Å². The molecule has 1 aromatic carbocycles. The Balaban J connectivity index is 1.23. The Bertz CT molecular complexity index is 883. The monoisotopic (exact) mass is 455 g/mol. The van der Waals surface area contributed by atoms with E-state index in [1.165, 1.54) is 0 Å². The van der Waals surface area contributed by atoms with Crippen LogP contribution >= 0.6 is 0 Å². The fourth-order valence-electron chi connectivity index (χ4n) is 5.39. The van der Waals surface area contributed by atoms with Crippen molar-refractivity contribution in [2.24, 2.45) is 0 Å². The Kier molecular flexibility index (Phi) is 7.34. The van der Waals surface area contributed by atoms with Gasteiger partial charge in [0.05, 0.1) is 11.3 Å². The van der Waals surface area contributed by atoms with Gasteiger partial charge in [-0.1, -0.05) is 19.1 Å². The molecule has 3 heterocycles. The lowest BCUT2D eigenvalue weighted by atomic mass is 9.98. The summed E-state index contributed by atoms with van der Waals surface area (Å²) in [5.74, 6) is 0.0269. The van der Waals surface area contributed by atoms with E-state index in [-0.39, 0.29) is 17.7 Å². The molecule has 2 saturated heterocycles. The third-order valence-electron chi connectivity index (χ3n) is 7.42. The minimum Gasteiger partial charge on any atom is -0.356 e. The average molecular weight is 456 g/mol. The third-order valence-corrected chi connectivity index (χ3v) is 7.42. The molecular weight excluding hydrogens is 418 g/mol. The zero-order valence-corrected chi connectivity index (χ0v) is 20.0. The van der Waals surface area contributed by atoms with E-state index in [2.05, 4.69) is 22.0 Å². The van der Waals surface area contributed by atoms with Crippen molar-refractivity contribution in [2.45, 2.75) is 51.6 Å². The second kappa shape index (κ2) is 10.2. The molecule has 3 amide bonds. The molecule has 0 bridgehead atoms. The van der Waals surface area contributed by atoms with Crippen LogP contribution in [-0.2, 0) is 9.59 Å². The number of fused-ring (bicyclic) bond motifs is 3. The number of anilines is 1. The maximum Gasteiger partial charge on any atom is 0.257 e. The van der Waals surface area contributed by atoms with Gasteiger partial charge in [-0.15, -0.1) is 0 Å². The highest BCUT2D eigenvalue weighted by Crippen LogP contribution is 2.43. The van der Waals surface area contributed by atoms with E-state index in [0.29, 0.717) is 50.0 Å². The summed E-state index contributed by atoms with van der Waals surface area (Å²) in [5.41, 5.74) is 0.618. The Morgan fingerprint density at radius 2 is 1.76 bits per heavy atom. The van der Waals surface area contributed by atoms with Crippen molar-refractivity contribution < 1.29 is 14.4 Å². The normalized spacial score (nSPS) is 23.6. The lowest BCUT2D eigenvalue weighted by Gasteiger charge is -2.48. The summed E-state index contributed by atoms with van der Waals surface area (Å²) >= 11 is 0. The molecule has 0 aliphatic carbocycles. The summed E-state index contributed by atoms with van der Waals surface area (Å²) in [6.45, 7) is 11.9. The first kappa shape index (κ1) is 23.7. The van der Waals surface area contributed by atoms with Crippen molar-refractivity contribution in [1.29, 1.82) is 0 Å². The zero-order chi connectivity index (χ0) is 23.4. The molecule has 8 heteroatoms. The van der Waals surface area contributed by atoms with Crippen LogP contribution in [0, 0.1) is 0 Å². The second-order valence-electron chi connectivity index (χ2n) is 9.50. The fraction of sp³-hybridized carbons (Fsp3) is 0.640. The number of nitrogens with one attached hydrogen (secondary N) is 1. The van der Waals surface area contributed by atoms with Crippen molar-refractivity contribution in [3.63, 3.8) is 0 Å². The average Bonchev–Trinajstić information content (AvgIpc) is 3.14. The summed E-state index contributed by atoms with van der Waals surface area (Å²) in [6, 6.07) is 7.33. The van der Waals surface area contributed by atoms with Crippen LogP contribution in [0.4, 0.5) is 5.69 Å². The van der Waals surface area contributed by atoms with Gasteiger partial charge < -0.3 is 20.0 Å². The number of benzene rings is 1. The maximum absolute atomic E-state index is 13.2. The summed E-state index contributed by atoms with van der Waals surface area (Å²) in [7, 11) is 0. The van der Waals surface area contributed by atoms with Crippen LogP contribution < -0.4 is 10.2 Å². The van der Waals surface area contributed by atoms with E-state index in [4.69, 9.17) is 0 Å². The van der Waals surface area contributed by atoms with Crippen molar-refractivity contribution in [3.8, 4) is 0 Å². The summed E-state index contributed by atoms with van der Waals surface area (Å²) < 4.78 is 0. The highest BCUT2D eigenvalue weighted by Gasteiger charge is 2.52. The topological polar surface area (TPSA) is 76.2 Å². The van der Waals surface area contributed by atoms with Crippen molar-refractivity contribution in [3.05, 3.63) is 29.8 Å². The molecule has 3 aliphatic heterocycles. The molecule has 1 atom stereocenters. The number of nitrogens with zero attached hydrogens (tertiary/aromatic N) is 4. The Hall–Kier alpha value is -2.45. The highest BCUT2D eigenvalue weighted by molar-refractivity contribution is 6.10. The molecule has 1 N–H and O–H groups in total. The molecular formula is C25H37N5O3. The first-order chi connectivity index (χ1) is 15.9. The third kappa shape index (κ3) is 4.92. The number of para-hydroxylation sites is 1. The lowest BCUT2D eigenvalue weighted by molar-refractivity contribution is -0.121. The van der Waals surface area contributed by atoms with E-state index in [0.717, 1.165) is 45.7 Å². The number of amides is 3.